The van der Waals surface area contributed by atoms with E-state index in [0.29, 0.717) is 6.54 Å². The minimum absolute atomic E-state index is 0.132. The number of rotatable bonds is 1. The van der Waals surface area contributed by atoms with Crippen LogP contribution in [0.25, 0.3) is 0 Å². The third kappa shape index (κ3) is 2.50. The Hall–Kier alpha value is -1.48. The Morgan fingerprint density at radius 1 is 1.57 bits per heavy atom. The summed E-state index contributed by atoms with van der Waals surface area (Å²) in [6.45, 7) is 0.336. The lowest BCUT2D eigenvalue weighted by molar-refractivity contribution is -0.141. The summed E-state index contributed by atoms with van der Waals surface area (Å²) >= 11 is 0. The fourth-order valence-electron chi connectivity index (χ4n) is 0.825. The first-order valence-corrected chi connectivity index (χ1v) is 3.79. The van der Waals surface area contributed by atoms with Gasteiger partial charge in [-0.1, -0.05) is 11.8 Å². The molecule has 1 aromatic rings. The second-order valence-corrected chi connectivity index (χ2v) is 2.49. The smallest absolute Gasteiger partial charge is 0.309 e. The first-order valence-electron chi connectivity index (χ1n) is 3.79. The summed E-state index contributed by atoms with van der Waals surface area (Å²) in [5.74, 6) is 4.90. The molecule has 0 aliphatic carbocycles. The zero-order valence-corrected chi connectivity index (χ0v) is 7.37. The number of hydrogen-bond donors (Lipinski definition) is 2. The van der Waals surface area contributed by atoms with E-state index in [0.717, 1.165) is 6.20 Å². The molecule has 0 spiro atoms. The average molecular weight is 203 g/mol. The second-order valence-electron chi connectivity index (χ2n) is 2.49. The number of aromatic amines is 1. The van der Waals surface area contributed by atoms with Crippen LogP contribution in [-0.2, 0) is 6.18 Å². The van der Waals surface area contributed by atoms with Gasteiger partial charge >= 0.3 is 6.18 Å². The molecule has 1 aromatic heterocycles. The van der Waals surface area contributed by atoms with Gasteiger partial charge in [0.15, 0.2) is 5.69 Å². The zero-order chi connectivity index (χ0) is 10.6. The number of H-pyrrole nitrogens is 1. The molecule has 0 bridgehead atoms. The highest BCUT2D eigenvalue weighted by atomic mass is 19.4. The Morgan fingerprint density at radius 2 is 2.29 bits per heavy atom. The number of alkyl halides is 3. The molecule has 2 N–H and O–H groups in total. The van der Waals surface area contributed by atoms with Gasteiger partial charge in [0.1, 0.15) is 0 Å². The summed E-state index contributed by atoms with van der Waals surface area (Å²) < 4.78 is 36.7. The van der Waals surface area contributed by atoms with Gasteiger partial charge in [0.05, 0.1) is 18.3 Å². The van der Waals surface area contributed by atoms with Crippen LogP contribution in [0.2, 0.25) is 0 Å². The van der Waals surface area contributed by atoms with Crippen LogP contribution in [0.15, 0.2) is 6.20 Å². The zero-order valence-electron chi connectivity index (χ0n) is 7.37. The first kappa shape index (κ1) is 10.6. The Balaban J connectivity index is 2.90. The van der Waals surface area contributed by atoms with Gasteiger partial charge in [-0.3, -0.25) is 5.10 Å². The third-order valence-corrected chi connectivity index (χ3v) is 1.41. The van der Waals surface area contributed by atoms with Crippen molar-refractivity contribution in [2.75, 3.05) is 13.6 Å². The van der Waals surface area contributed by atoms with Crippen molar-refractivity contribution in [1.29, 1.82) is 0 Å². The van der Waals surface area contributed by atoms with Crippen molar-refractivity contribution in [3.63, 3.8) is 0 Å². The van der Waals surface area contributed by atoms with Gasteiger partial charge in [-0.2, -0.15) is 18.3 Å². The van der Waals surface area contributed by atoms with Crippen LogP contribution in [0, 0.1) is 11.8 Å². The molecule has 1 heterocycles. The molecule has 0 aromatic carbocycles. The molecule has 0 unspecified atom stereocenters. The predicted molar refractivity (Wildman–Crippen MR) is 44.4 cm³/mol. The molecule has 0 saturated heterocycles. The van der Waals surface area contributed by atoms with Crippen LogP contribution in [-0.4, -0.2) is 23.8 Å². The van der Waals surface area contributed by atoms with Crippen molar-refractivity contribution in [1.82, 2.24) is 15.5 Å². The number of nitrogens with zero attached hydrogens (tertiary/aromatic N) is 1. The molecule has 0 radical (unpaired) electrons. The summed E-state index contributed by atoms with van der Waals surface area (Å²) in [5.41, 5.74) is -1.03. The topological polar surface area (TPSA) is 40.7 Å². The molecular formula is C8H8F3N3. The lowest BCUT2D eigenvalue weighted by atomic mass is 10.2. The summed E-state index contributed by atoms with van der Waals surface area (Å²) in [4.78, 5) is 0. The molecule has 76 valence electrons. The highest BCUT2D eigenvalue weighted by molar-refractivity contribution is 5.37. The molecule has 0 saturated carbocycles. The maximum absolute atomic E-state index is 12.2. The second kappa shape index (κ2) is 4.15. The van der Waals surface area contributed by atoms with Gasteiger partial charge in [0.2, 0.25) is 0 Å². The monoisotopic (exact) mass is 203 g/mol. The number of aromatic nitrogens is 2. The first-order chi connectivity index (χ1) is 6.55. The third-order valence-electron chi connectivity index (χ3n) is 1.41. The molecular weight excluding hydrogens is 195 g/mol. The van der Waals surface area contributed by atoms with Crippen molar-refractivity contribution in [2.45, 2.75) is 6.18 Å². The molecule has 1 rings (SSSR count). The number of halogens is 3. The molecule has 0 aliphatic heterocycles. The van der Waals surface area contributed by atoms with Gasteiger partial charge in [-0.15, -0.1) is 0 Å². The van der Waals surface area contributed by atoms with E-state index in [4.69, 9.17) is 0 Å². The van der Waals surface area contributed by atoms with Crippen molar-refractivity contribution in [2.24, 2.45) is 0 Å². The Kier molecular flexibility index (Phi) is 3.14. The highest BCUT2D eigenvalue weighted by Gasteiger charge is 2.35. The van der Waals surface area contributed by atoms with Crippen LogP contribution in [0.4, 0.5) is 13.2 Å². The van der Waals surface area contributed by atoms with Crippen molar-refractivity contribution in [3.05, 3.63) is 17.5 Å². The lowest BCUT2D eigenvalue weighted by Crippen LogP contribution is -2.08. The molecule has 14 heavy (non-hydrogen) atoms. The SMILES string of the molecule is CNCC#Cc1cn[nH]c1C(F)(F)F. The number of hydrogen-bond acceptors (Lipinski definition) is 2. The summed E-state index contributed by atoms with van der Waals surface area (Å²) in [5, 5.41) is 7.88. The highest BCUT2D eigenvalue weighted by Crippen LogP contribution is 2.29. The largest absolute Gasteiger partial charge is 0.434 e. The maximum Gasteiger partial charge on any atom is 0.434 e. The minimum Gasteiger partial charge on any atom is -0.309 e. The normalized spacial score (nSPS) is 10.9. The number of nitrogens with one attached hydrogen (secondary N) is 2. The van der Waals surface area contributed by atoms with Crippen molar-refractivity contribution in [3.8, 4) is 11.8 Å². The van der Waals surface area contributed by atoms with Crippen LogP contribution in [0.5, 0.6) is 0 Å². The maximum atomic E-state index is 12.2. The van der Waals surface area contributed by atoms with Gasteiger partial charge in [-0.25, -0.2) is 0 Å². The summed E-state index contributed by atoms with van der Waals surface area (Å²) in [6, 6.07) is 0. The molecule has 6 heteroatoms. The predicted octanol–water partition coefficient (Wildman–Crippen LogP) is 0.999. The molecule has 0 aliphatic rings. The van der Waals surface area contributed by atoms with Gasteiger partial charge in [0, 0.05) is 0 Å². The fourth-order valence-corrected chi connectivity index (χ4v) is 0.825. The Bertz CT molecular complexity index is 356. The van der Waals surface area contributed by atoms with E-state index in [2.05, 4.69) is 22.3 Å². The fraction of sp³-hybridized carbons (Fsp3) is 0.375. The molecule has 0 amide bonds. The van der Waals surface area contributed by atoms with E-state index < -0.39 is 11.9 Å². The summed E-state index contributed by atoms with van der Waals surface area (Å²) in [6.07, 6.45) is -3.37. The van der Waals surface area contributed by atoms with Crippen LogP contribution >= 0.6 is 0 Å². The van der Waals surface area contributed by atoms with E-state index in [1.54, 1.807) is 7.05 Å². The van der Waals surface area contributed by atoms with E-state index in [1.165, 1.54) is 0 Å². The van der Waals surface area contributed by atoms with Crippen molar-refractivity contribution >= 4 is 0 Å². The minimum atomic E-state index is -4.43. The van der Waals surface area contributed by atoms with Gasteiger partial charge < -0.3 is 5.32 Å². The van der Waals surface area contributed by atoms with Crippen molar-refractivity contribution < 1.29 is 13.2 Å². The van der Waals surface area contributed by atoms with Crippen LogP contribution in [0.1, 0.15) is 11.3 Å². The van der Waals surface area contributed by atoms with Crippen LogP contribution < -0.4 is 5.32 Å². The van der Waals surface area contributed by atoms with Gasteiger partial charge in [0.25, 0.3) is 0 Å². The molecule has 0 atom stereocenters. The standard InChI is InChI=1S/C8H8F3N3/c1-12-4-2-3-6-5-13-14-7(6)8(9,10)11/h5,12H,4H2,1H3,(H,13,14). The quantitative estimate of drug-likeness (QED) is 0.668. The van der Waals surface area contributed by atoms with E-state index in [9.17, 15) is 13.2 Å². The Morgan fingerprint density at radius 3 is 2.86 bits per heavy atom. The van der Waals surface area contributed by atoms with Crippen LogP contribution in [0.3, 0.4) is 0 Å². The lowest BCUT2D eigenvalue weighted by Gasteiger charge is -2.02. The van der Waals surface area contributed by atoms with E-state index in [1.807, 2.05) is 5.10 Å². The van der Waals surface area contributed by atoms with E-state index >= 15 is 0 Å². The molecule has 0 fully saturated rings. The Labute approximate surface area is 78.7 Å². The van der Waals surface area contributed by atoms with Gasteiger partial charge in [-0.05, 0) is 7.05 Å². The molecule has 3 nitrogen and oxygen atoms in total. The average Bonchev–Trinajstić information content (AvgIpc) is 2.52. The van der Waals surface area contributed by atoms with E-state index in [-0.39, 0.29) is 5.56 Å². The summed E-state index contributed by atoms with van der Waals surface area (Å²) in [7, 11) is 1.66.